The van der Waals surface area contributed by atoms with Gasteiger partial charge in [-0.05, 0) is 24.6 Å². The van der Waals surface area contributed by atoms with Crippen molar-refractivity contribution in [1.29, 1.82) is 0 Å². The van der Waals surface area contributed by atoms with Crippen LogP contribution in [0, 0.1) is 0 Å². The molecule has 2 N–H and O–H groups in total. The molecule has 9 heteroatoms. The summed E-state index contributed by atoms with van der Waals surface area (Å²) >= 11 is 0. The molecule has 0 aliphatic heterocycles. The molecule has 1 aromatic rings. The Balaban J connectivity index is 2.48. The van der Waals surface area contributed by atoms with Crippen LogP contribution in [0.15, 0.2) is 24.3 Å². The van der Waals surface area contributed by atoms with Crippen LogP contribution in [0.3, 0.4) is 0 Å². The van der Waals surface area contributed by atoms with Crippen molar-refractivity contribution in [2.24, 2.45) is 0 Å². The highest BCUT2D eigenvalue weighted by Crippen LogP contribution is 2.13. The van der Waals surface area contributed by atoms with Crippen LogP contribution in [0.25, 0.3) is 0 Å². The number of rotatable bonds is 10. The predicted molar refractivity (Wildman–Crippen MR) is 88.6 cm³/mol. The molecule has 0 saturated carbocycles. The number of hydrogen-bond donors (Lipinski definition) is 2. The summed E-state index contributed by atoms with van der Waals surface area (Å²) in [6, 6.07) is 6.18. The average Bonchev–Trinajstić information content (AvgIpc) is 2.51. The number of carboxylic acids is 1. The average molecular weight is 358 g/mol. The monoisotopic (exact) mass is 358 g/mol. The molecule has 0 spiro atoms. The van der Waals surface area contributed by atoms with Crippen LogP contribution in [-0.4, -0.2) is 62.2 Å². The highest BCUT2D eigenvalue weighted by molar-refractivity contribution is 7.88. The first-order chi connectivity index (χ1) is 11.2. The van der Waals surface area contributed by atoms with Crippen molar-refractivity contribution < 1.29 is 27.9 Å². The second-order valence-corrected chi connectivity index (χ2v) is 7.06. The molecule has 1 amide bonds. The van der Waals surface area contributed by atoms with Gasteiger partial charge in [0.2, 0.25) is 10.0 Å². The minimum atomic E-state index is -3.23. The van der Waals surface area contributed by atoms with Crippen LogP contribution < -0.4 is 10.1 Å². The third kappa shape index (κ3) is 6.97. The molecule has 134 valence electrons. The molecule has 0 fully saturated rings. The number of hydrogen-bond acceptors (Lipinski definition) is 5. The van der Waals surface area contributed by atoms with Crippen LogP contribution in [-0.2, 0) is 14.8 Å². The zero-order valence-electron chi connectivity index (χ0n) is 13.7. The van der Waals surface area contributed by atoms with Crippen molar-refractivity contribution in [3.8, 4) is 5.75 Å². The van der Waals surface area contributed by atoms with E-state index < -0.39 is 22.6 Å². The molecule has 24 heavy (non-hydrogen) atoms. The first kappa shape index (κ1) is 19.9. The molecule has 0 aliphatic carbocycles. The summed E-state index contributed by atoms with van der Waals surface area (Å²) in [5, 5.41) is 11.3. The van der Waals surface area contributed by atoms with Crippen LogP contribution in [0.1, 0.15) is 23.7 Å². The molecule has 0 aliphatic rings. The summed E-state index contributed by atoms with van der Waals surface area (Å²) in [4.78, 5) is 22.5. The van der Waals surface area contributed by atoms with Crippen molar-refractivity contribution in [1.82, 2.24) is 9.62 Å². The molecule has 0 heterocycles. The van der Waals surface area contributed by atoms with Crippen LogP contribution in [0.2, 0.25) is 0 Å². The van der Waals surface area contributed by atoms with Gasteiger partial charge in [0.05, 0.1) is 6.26 Å². The number of sulfonamides is 1. The van der Waals surface area contributed by atoms with Gasteiger partial charge in [0.15, 0.2) is 6.61 Å². The summed E-state index contributed by atoms with van der Waals surface area (Å²) in [6.07, 6.45) is 1.64. The molecule has 1 rings (SSSR count). The molecular formula is C15H22N2O6S. The second kappa shape index (κ2) is 9.24. The number of carbonyl (C=O) groups is 2. The minimum Gasteiger partial charge on any atom is -0.482 e. The van der Waals surface area contributed by atoms with Gasteiger partial charge in [0.1, 0.15) is 5.75 Å². The first-order valence-electron chi connectivity index (χ1n) is 7.42. The maximum absolute atomic E-state index is 12.0. The molecule has 0 bridgehead atoms. The van der Waals surface area contributed by atoms with Gasteiger partial charge >= 0.3 is 5.97 Å². The Kier molecular flexibility index (Phi) is 7.66. The third-order valence-corrected chi connectivity index (χ3v) is 4.53. The van der Waals surface area contributed by atoms with Gasteiger partial charge in [0.25, 0.3) is 5.91 Å². The van der Waals surface area contributed by atoms with E-state index in [0.717, 1.165) is 6.26 Å². The smallest absolute Gasteiger partial charge is 0.341 e. The largest absolute Gasteiger partial charge is 0.482 e. The number of aliphatic carboxylic acids is 1. The fourth-order valence-corrected chi connectivity index (χ4v) is 2.92. The predicted octanol–water partition coefficient (Wildman–Crippen LogP) is 0.551. The highest BCUT2D eigenvalue weighted by atomic mass is 32.2. The van der Waals surface area contributed by atoms with E-state index in [9.17, 15) is 18.0 Å². The SMILES string of the molecule is CCN(CCCNC(=O)c1cccc(OCC(=O)O)c1)S(C)(=O)=O. The van der Waals surface area contributed by atoms with Crippen molar-refractivity contribution in [3.05, 3.63) is 29.8 Å². The molecule has 0 aromatic heterocycles. The summed E-state index contributed by atoms with van der Waals surface area (Å²) in [5.74, 6) is -1.14. The summed E-state index contributed by atoms with van der Waals surface area (Å²) in [5.41, 5.74) is 0.341. The number of benzene rings is 1. The number of nitrogens with zero attached hydrogens (tertiary/aromatic N) is 1. The number of carboxylic acid groups (broad SMARTS) is 1. The van der Waals surface area contributed by atoms with Gasteiger partial charge < -0.3 is 15.2 Å². The van der Waals surface area contributed by atoms with E-state index in [0.29, 0.717) is 37.4 Å². The maximum Gasteiger partial charge on any atom is 0.341 e. The summed E-state index contributed by atoms with van der Waals surface area (Å²) in [7, 11) is -3.23. The van der Waals surface area contributed by atoms with Crippen molar-refractivity contribution in [2.45, 2.75) is 13.3 Å². The first-order valence-corrected chi connectivity index (χ1v) is 9.27. The van der Waals surface area contributed by atoms with Crippen LogP contribution in [0.4, 0.5) is 0 Å². The normalized spacial score (nSPS) is 11.3. The lowest BCUT2D eigenvalue weighted by Crippen LogP contribution is -2.33. The van der Waals surface area contributed by atoms with Crippen LogP contribution >= 0.6 is 0 Å². The van der Waals surface area contributed by atoms with Crippen molar-refractivity contribution in [3.63, 3.8) is 0 Å². The van der Waals surface area contributed by atoms with Crippen molar-refractivity contribution in [2.75, 3.05) is 32.5 Å². The van der Waals surface area contributed by atoms with E-state index >= 15 is 0 Å². The number of amides is 1. The molecule has 0 saturated heterocycles. The quantitative estimate of drug-likeness (QED) is 0.591. The summed E-state index contributed by atoms with van der Waals surface area (Å²) in [6.45, 7) is 2.31. The Morgan fingerprint density at radius 2 is 2.04 bits per heavy atom. The zero-order chi connectivity index (χ0) is 18.2. The van der Waals surface area contributed by atoms with E-state index in [1.807, 2.05) is 0 Å². The van der Waals surface area contributed by atoms with Gasteiger partial charge in [0, 0.05) is 25.2 Å². The molecule has 8 nitrogen and oxygen atoms in total. The Labute approximate surface area is 141 Å². The standard InChI is InChI=1S/C15H22N2O6S/c1-3-17(24(2,21)22)9-5-8-16-15(20)12-6-4-7-13(10-12)23-11-14(18)19/h4,6-7,10H,3,5,8-9,11H2,1-2H3,(H,16,20)(H,18,19). The fourth-order valence-electron chi connectivity index (χ4n) is 1.99. The Hall–Kier alpha value is -2.13. The van der Waals surface area contributed by atoms with Gasteiger partial charge in [-0.25, -0.2) is 17.5 Å². The van der Waals surface area contributed by atoms with Gasteiger partial charge in [-0.3, -0.25) is 4.79 Å². The number of nitrogens with one attached hydrogen (secondary N) is 1. The molecule has 1 aromatic carbocycles. The lowest BCUT2D eigenvalue weighted by atomic mass is 10.2. The summed E-state index contributed by atoms with van der Waals surface area (Å²) < 4.78 is 29.2. The minimum absolute atomic E-state index is 0.291. The Bertz CT molecular complexity index is 674. The Morgan fingerprint density at radius 1 is 1.33 bits per heavy atom. The van der Waals surface area contributed by atoms with Crippen LogP contribution in [0.5, 0.6) is 5.75 Å². The molecular weight excluding hydrogens is 336 g/mol. The van der Waals surface area contributed by atoms with E-state index in [2.05, 4.69) is 5.32 Å². The number of carbonyl (C=O) groups excluding carboxylic acids is 1. The lowest BCUT2D eigenvalue weighted by Gasteiger charge is -2.17. The van der Waals surface area contributed by atoms with E-state index in [1.54, 1.807) is 25.1 Å². The van der Waals surface area contributed by atoms with E-state index in [4.69, 9.17) is 9.84 Å². The van der Waals surface area contributed by atoms with Crippen molar-refractivity contribution >= 4 is 21.9 Å². The Morgan fingerprint density at radius 3 is 2.62 bits per heavy atom. The molecule has 0 radical (unpaired) electrons. The van der Waals surface area contributed by atoms with E-state index in [1.165, 1.54) is 10.4 Å². The van der Waals surface area contributed by atoms with E-state index in [-0.39, 0.29) is 5.91 Å². The highest BCUT2D eigenvalue weighted by Gasteiger charge is 2.13. The third-order valence-electron chi connectivity index (χ3n) is 3.15. The lowest BCUT2D eigenvalue weighted by molar-refractivity contribution is -0.139. The maximum atomic E-state index is 12.0. The van der Waals surface area contributed by atoms with Gasteiger partial charge in [-0.15, -0.1) is 0 Å². The molecule has 0 unspecified atom stereocenters. The fraction of sp³-hybridized carbons (Fsp3) is 0.467. The number of ether oxygens (including phenoxy) is 1. The zero-order valence-corrected chi connectivity index (χ0v) is 14.5. The van der Waals surface area contributed by atoms with Gasteiger partial charge in [-0.1, -0.05) is 13.0 Å². The topological polar surface area (TPSA) is 113 Å². The second-order valence-electron chi connectivity index (χ2n) is 5.07. The van der Waals surface area contributed by atoms with Gasteiger partial charge in [-0.2, -0.15) is 0 Å². The molecule has 0 atom stereocenters.